The van der Waals surface area contributed by atoms with Crippen molar-refractivity contribution in [1.82, 2.24) is 0 Å². The number of hydrogen-bond acceptors (Lipinski definition) is 1. The first-order chi connectivity index (χ1) is 5.29. The summed E-state index contributed by atoms with van der Waals surface area (Å²) in [7, 11) is 0. The van der Waals surface area contributed by atoms with Gasteiger partial charge in [0.2, 0.25) is 0 Å². The molecule has 0 N–H and O–H groups in total. The van der Waals surface area contributed by atoms with Crippen molar-refractivity contribution in [2.24, 2.45) is 0 Å². The molecule has 0 radical (unpaired) electrons. The monoisotopic (exact) mass is 164 g/mol. The summed E-state index contributed by atoms with van der Waals surface area (Å²) in [5.41, 5.74) is 2.28. The quantitative estimate of drug-likeness (QED) is 0.646. The number of allylic oxidation sites excluding steroid dienone is 1. The summed E-state index contributed by atoms with van der Waals surface area (Å²) in [6, 6.07) is 0. The molecular formula is C11H16O. The van der Waals surface area contributed by atoms with Crippen LogP contribution in [0, 0.1) is 6.92 Å². The van der Waals surface area contributed by atoms with Crippen molar-refractivity contribution in [3.63, 3.8) is 0 Å². The normalized spacial score (nSPS) is 9.83. The minimum Gasteiger partial charge on any atom is -0.464 e. The van der Waals surface area contributed by atoms with Crippen LogP contribution in [0.4, 0.5) is 0 Å². The number of aryl methyl sites for hydroxylation is 1. The van der Waals surface area contributed by atoms with Crippen LogP contribution in [-0.4, -0.2) is 0 Å². The molecule has 0 unspecified atom stereocenters. The topological polar surface area (TPSA) is 13.1 Å². The van der Waals surface area contributed by atoms with E-state index in [4.69, 9.17) is 4.42 Å². The Bertz CT molecular complexity index is 279. The van der Waals surface area contributed by atoms with E-state index in [1.54, 1.807) is 12.3 Å². The minimum absolute atomic E-state index is 0. The second kappa shape index (κ2) is 4.60. The second-order valence-electron chi connectivity index (χ2n) is 2.40. The van der Waals surface area contributed by atoms with Gasteiger partial charge in [0.05, 0.1) is 6.26 Å². The number of furan rings is 1. The van der Waals surface area contributed by atoms with Gasteiger partial charge < -0.3 is 4.42 Å². The fourth-order valence-corrected chi connectivity index (χ4v) is 1.01. The van der Waals surface area contributed by atoms with Crippen LogP contribution < -0.4 is 0 Å². The maximum atomic E-state index is 5.23. The molecule has 0 aliphatic heterocycles. The molecule has 0 fully saturated rings. The van der Waals surface area contributed by atoms with Crippen molar-refractivity contribution in [3.8, 4) is 0 Å². The van der Waals surface area contributed by atoms with Gasteiger partial charge in [-0.3, -0.25) is 0 Å². The Balaban J connectivity index is 0.00000121. The van der Waals surface area contributed by atoms with Gasteiger partial charge in [0.15, 0.2) is 0 Å². The molecular weight excluding hydrogens is 148 g/mol. The molecule has 1 rings (SSSR count). The van der Waals surface area contributed by atoms with Crippen LogP contribution in [0.5, 0.6) is 0 Å². The zero-order valence-corrected chi connectivity index (χ0v) is 6.92. The van der Waals surface area contributed by atoms with E-state index in [1.807, 2.05) is 26.0 Å². The van der Waals surface area contributed by atoms with Crippen LogP contribution in [0.25, 0.3) is 12.2 Å². The molecule has 66 valence electrons. The highest BCUT2D eigenvalue weighted by molar-refractivity contribution is 5.63. The Morgan fingerprint density at radius 3 is 2.67 bits per heavy atom. The van der Waals surface area contributed by atoms with Crippen LogP contribution in [0.1, 0.15) is 31.2 Å². The van der Waals surface area contributed by atoms with E-state index < -0.39 is 0 Å². The first-order valence-electron chi connectivity index (χ1n) is 3.62. The van der Waals surface area contributed by atoms with Gasteiger partial charge in [0.1, 0.15) is 5.76 Å². The molecule has 0 amide bonds. The van der Waals surface area contributed by atoms with E-state index in [0.717, 1.165) is 16.9 Å². The van der Waals surface area contributed by atoms with Crippen molar-refractivity contribution in [2.45, 2.75) is 21.3 Å². The van der Waals surface area contributed by atoms with E-state index in [1.165, 1.54) is 0 Å². The summed E-state index contributed by atoms with van der Waals surface area (Å²) in [5, 5.41) is 0. The zero-order valence-electron chi connectivity index (χ0n) is 6.92. The molecule has 0 bridgehead atoms. The lowest BCUT2D eigenvalue weighted by Gasteiger charge is -1.89. The molecule has 0 aliphatic rings. The standard InChI is InChI=1S/C10H12O.CH4/c1-4-6-9-8(3)7-11-10(9)5-2;/h4-7H,2H2,1,3H3;1H4/b6-4-;. The predicted octanol–water partition coefficient (Wildman–Crippen LogP) is 3.90. The molecule has 1 aromatic heterocycles. The van der Waals surface area contributed by atoms with Gasteiger partial charge in [0.25, 0.3) is 0 Å². The third-order valence-corrected chi connectivity index (χ3v) is 1.57. The van der Waals surface area contributed by atoms with Gasteiger partial charge in [-0.05, 0) is 25.5 Å². The second-order valence-corrected chi connectivity index (χ2v) is 2.40. The van der Waals surface area contributed by atoms with Crippen molar-refractivity contribution in [3.05, 3.63) is 35.8 Å². The Labute approximate surface area is 74.4 Å². The maximum Gasteiger partial charge on any atom is 0.133 e. The van der Waals surface area contributed by atoms with Crippen LogP contribution in [0.2, 0.25) is 0 Å². The van der Waals surface area contributed by atoms with E-state index in [-0.39, 0.29) is 7.43 Å². The van der Waals surface area contributed by atoms with Gasteiger partial charge in [-0.1, -0.05) is 26.2 Å². The van der Waals surface area contributed by atoms with E-state index in [9.17, 15) is 0 Å². The van der Waals surface area contributed by atoms with Gasteiger partial charge in [-0.25, -0.2) is 0 Å². The lowest BCUT2D eigenvalue weighted by atomic mass is 10.1. The van der Waals surface area contributed by atoms with Crippen LogP contribution in [0.3, 0.4) is 0 Å². The summed E-state index contributed by atoms with van der Waals surface area (Å²) >= 11 is 0. The largest absolute Gasteiger partial charge is 0.464 e. The summed E-state index contributed by atoms with van der Waals surface area (Å²) in [4.78, 5) is 0. The highest BCUT2D eigenvalue weighted by Crippen LogP contribution is 2.18. The summed E-state index contributed by atoms with van der Waals surface area (Å²) in [5.74, 6) is 0.848. The van der Waals surface area contributed by atoms with Gasteiger partial charge in [-0.2, -0.15) is 0 Å². The zero-order chi connectivity index (χ0) is 8.27. The molecule has 0 saturated heterocycles. The average Bonchev–Trinajstić information content (AvgIpc) is 2.34. The highest BCUT2D eigenvalue weighted by Gasteiger charge is 2.02. The van der Waals surface area contributed by atoms with Crippen LogP contribution in [0.15, 0.2) is 23.3 Å². The Kier molecular flexibility index (Phi) is 4.12. The fourth-order valence-electron chi connectivity index (χ4n) is 1.01. The molecule has 0 spiro atoms. The van der Waals surface area contributed by atoms with E-state index >= 15 is 0 Å². The molecule has 1 aromatic rings. The Morgan fingerprint density at radius 1 is 1.50 bits per heavy atom. The van der Waals surface area contributed by atoms with Crippen molar-refractivity contribution < 1.29 is 4.42 Å². The van der Waals surface area contributed by atoms with Crippen LogP contribution in [-0.2, 0) is 0 Å². The predicted molar refractivity (Wildman–Crippen MR) is 55.0 cm³/mol. The van der Waals surface area contributed by atoms with Crippen LogP contribution >= 0.6 is 0 Å². The molecule has 0 atom stereocenters. The molecule has 12 heavy (non-hydrogen) atoms. The number of hydrogen-bond donors (Lipinski definition) is 0. The molecule has 1 nitrogen and oxygen atoms in total. The Morgan fingerprint density at radius 2 is 2.17 bits per heavy atom. The first kappa shape index (κ1) is 10.8. The first-order valence-corrected chi connectivity index (χ1v) is 3.62. The molecule has 0 aromatic carbocycles. The third kappa shape index (κ3) is 1.88. The summed E-state index contributed by atoms with van der Waals surface area (Å²) in [6.45, 7) is 7.66. The van der Waals surface area contributed by atoms with Gasteiger partial charge in [-0.15, -0.1) is 0 Å². The molecule has 0 saturated carbocycles. The SMILES string of the molecule is C.C=Cc1occ(C)c1/C=C\C. The number of rotatable bonds is 2. The molecule has 0 aliphatic carbocycles. The van der Waals surface area contributed by atoms with Crippen molar-refractivity contribution in [1.29, 1.82) is 0 Å². The fraction of sp³-hybridized carbons (Fsp3) is 0.273. The van der Waals surface area contributed by atoms with Gasteiger partial charge >= 0.3 is 0 Å². The Hall–Kier alpha value is -1.24. The maximum absolute atomic E-state index is 5.23. The van der Waals surface area contributed by atoms with E-state index in [0.29, 0.717) is 0 Å². The molecule has 1 heterocycles. The summed E-state index contributed by atoms with van der Waals surface area (Å²) < 4.78 is 5.23. The lowest BCUT2D eigenvalue weighted by Crippen LogP contribution is -1.73. The van der Waals surface area contributed by atoms with Crippen molar-refractivity contribution in [2.75, 3.05) is 0 Å². The van der Waals surface area contributed by atoms with E-state index in [2.05, 4.69) is 6.58 Å². The average molecular weight is 164 g/mol. The highest BCUT2D eigenvalue weighted by atomic mass is 16.3. The smallest absolute Gasteiger partial charge is 0.133 e. The van der Waals surface area contributed by atoms with Gasteiger partial charge in [0, 0.05) is 5.56 Å². The lowest BCUT2D eigenvalue weighted by molar-refractivity contribution is 0.555. The minimum atomic E-state index is 0. The molecule has 1 heteroatoms. The van der Waals surface area contributed by atoms with Crippen molar-refractivity contribution >= 4 is 12.2 Å². The summed E-state index contributed by atoms with van der Waals surface area (Å²) in [6.07, 6.45) is 7.48. The third-order valence-electron chi connectivity index (χ3n) is 1.57.